The van der Waals surface area contributed by atoms with E-state index in [1.54, 1.807) is 0 Å². The van der Waals surface area contributed by atoms with Gasteiger partial charge >= 0.3 is 0 Å². The molecule has 2 heteroatoms. The maximum atomic E-state index is 7.10. The molecule has 11 heavy (non-hydrogen) atoms. The zero-order valence-corrected chi connectivity index (χ0v) is 8.19. The van der Waals surface area contributed by atoms with Crippen molar-refractivity contribution < 1.29 is 4.48 Å². The number of hydrogen-bond acceptors (Lipinski definition) is 0. The van der Waals surface area contributed by atoms with Crippen LogP contribution in [0.4, 0.5) is 0 Å². The lowest BCUT2D eigenvalue weighted by Gasteiger charge is -2.35. The lowest BCUT2D eigenvalue weighted by atomic mass is 10.3. The zero-order valence-electron chi connectivity index (χ0n) is 8.19. The summed E-state index contributed by atoms with van der Waals surface area (Å²) < 4.78 is 1.19. The second kappa shape index (κ2) is 5.56. The van der Waals surface area contributed by atoms with E-state index in [0.29, 0.717) is 6.54 Å². The van der Waals surface area contributed by atoms with Crippen LogP contribution in [0.3, 0.4) is 0 Å². The molecule has 0 amide bonds. The van der Waals surface area contributed by atoms with Gasteiger partial charge in [-0.15, -0.1) is 0 Å². The lowest BCUT2D eigenvalue weighted by Crippen LogP contribution is -2.48. The van der Waals surface area contributed by atoms with Gasteiger partial charge in [0, 0.05) is 13.0 Å². The highest BCUT2D eigenvalue weighted by Crippen LogP contribution is 2.06. The molecule has 0 aliphatic heterocycles. The van der Waals surface area contributed by atoms with E-state index in [1.165, 1.54) is 30.7 Å². The molecule has 0 spiro atoms. The summed E-state index contributed by atoms with van der Waals surface area (Å²) in [5.74, 6) is 0. The first-order valence-electron chi connectivity index (χ1n) is 4.74. The predicted octanol–water partition coefficient (Wildman–Crippen LogP) is 1.54. The van der Waals surface area contributed by atoms with Crippen LogP contribution in [0.5, 0.6) is 0 Å². The standard InChI is InChI=1S/C9H22N2/c1-4-11(5-2,6-3)9-7-8-10/h10H,4-9H2,1-3H3/q+1. The molecule has 0 rings (SSSR count). The molecule has 0 aliphatic carbocycles. The Morgan fingerprint density at radius 3 is 1.73 bits per heavy atom. The van der Waals surface area contributed by atoms with Crippen molar-refractivity contribution in [1.29, 1.82) is 0 Å². The second-order valence-electron chi connectivity index (χ2n) is 3.12. The molecular weight excluding hydrogens is 136 g/mol. The molecule has 0 aromatic heterocycles. The third-order valence-electron chi connectivity index (χ3n) is 2.82. The Balaban J connectivity index is 3.84. The van der Waals surface area contributed by atoms with Gasteiger partial charge in [0.2, 0.25) is 0 Å². The third-order valence-corrected chi connectivity index (χ3v) is 2.82. The highest BCUT2D eigenvalue weighted by atomic mass is 15.3. The number of hydrogen-bond donors (Lipinski definition) is 0. The van der Waals surface area contributed by atoms with Gasteiger partial charge in [0.25, 0.3) is 0 Å². The highest BCUT2D eigenvalue weighted by Gasteiger charge is 2.18. The highest BCUT2D eigenvalue weighted by molar-refractivity contribution is 4.40. The van der Waals surface area contributed by atoms with Crippen molar-refractivity contribution in [2.24, 2.45) is 0 Å². The van der Waals surface area contributed by atoms with Crippen LogP contribution in [-0.2, 0) is 0 Å². The zero-order chi connectivity index (χ0) is 8.74. The summed E-state index contributed by atoms with van der Waals surface area (Å²) in [6.45, 7) is 12.2. The summed E-state index contributed by atoms with van der Waals surface area (Å²) in [4.78, 5) is 0. The van der Waals surface area contributed by atoms with Crippen LogP contribution in [-0.4, -0.2) is 37.2 Å². The monoisotopic (exact) mass is 158 g/mol. The molecule has 0 atom stereocenters. The van der Waals surface area contributed by atoms with E-state index in [-0.39, 0.29) is 0 Å². The maximum absolute atomic E-state index is 7.10. The van der Waals surface area contributed by atoms with Crippen LogP contribution in [0.1, 0.15) is 27.2 Å². The molecule has 0 bridgehead atoms. The Bertz CT molecular complexity index is 79.3. The SMILES string of the molecule is CC[N+](CC)(CC)CCC[NH]. The van der Waals surface area contributed by atoms with E-state index in [4.69, 9.17) is 5.73 Å². The molecular formula is C9H22N2+. The number of nitrogens with zero attached hydrogens (tertiary/aromatic N) is 1. The van der Waals surface area contributed by atoms with Gasteiger partial charge in [0.15, 0.2) is 0 Å². The summed E-state index contributed by atoms with van der Waals surface area (Å²) in [7, 11) is 0. The first-order chi connectivity index (χ1) is 5.24. The third kappa shape index (κ3) is 3.21. The van der Waals surface area contributed by atoms with Gasteiger partial charge in [-0.1, -0.05) is 0 Å². The second-order valence-corrected chi connectivity index (χ2v) is 3.12. The minimum absolute atomic E-state index is 0.583. The number of quaternary nitrogens is 1. The van der Waals surface area contributed by atoms with Gasteiger partial charge < -0.3 is 4.48 Å². The summed E-state index contributed by atoms with van der Waals surface area (Å²) in [6.07, 6.45) is 1.05. The van der Waals surface area contributed by atoms with Crippen LogP contribution in [0.2, 0.25) is 0 Å². The van der Waals surface area contributed by atoms with Crippen LogP contribution in [0.15, 0.2) is 0 Å². The lowest BCUT2D eigenvalue weighted by molar-refractivity contribution is -0.923. The Morgan fingerprint density at radius 2 is 1.45 bits per heavy atom. The van der Waals surface area contributed by atoms with Crippen molar-refractivity contribution in [2.75, 3.05) is 32.7 Å². The van der Waals surface area contributed by atoms with E-state index < -0.39 is 0 Å². The van der Waals surface area contributed by atoms with Crippen molar-refractivity contribution in [3.8, 4) is 0 Å². The first-order valence-corrected chi connectivity index (χ1v) is 4.74. The van der Waals surface area contributed by atoms with Crippen molar-refractivity contribution in [2.45, 2.75) is 27.2 Å². The minimum Gasteiger partial charge on any atom is -0.324 e. The van der Waals surface area contributed by atoms with Gasteiger partial charge in [-0.2, -0.15) is 0 Å². The molecule has 0 saturated heterocycles. The van der Waals surface area contributed by atoms with E-state index in [1.807, 2.05) is 0 Å². The molecule has 0 aliphatic rings. The van der Waals surface area contributed by atoms with E-state index in [9.17, 15) is 0 Å². The average Bonchev–Trinajstić information content (AvgIpc) is 2.08. The van der Waals surface area contributed by atoms with Crippen molar-refractivity contribution in [3.63, 3.8) is 0 Å². The molecule has 0 unspecified atom stereocenters. The van der Waals surface area contributed by atoms with Gasteiger partial charge in [0.1, 0.15) is 0 Å². The molecule has 2 nitrogen and oxygen atoms in total. The van der Waals surface area contributed by atoms with Crippen molar-refractivity contribution in [1.82, 2.24) is 5.73 Å². The van der Waals surface area contributed by atoms with Gasteiger partial charge in [-0.25, -0.2) is 0 Å². The molecule has 0 heterocycles. The fraction of sp³-hybridized carbons (Fsp3) is 1.00. The van der Waals surface area contributed by atoms with Crippen LogP contribution >= 0.6 is 0 Å². The predicted molar refractivity (Wildman–Crippen MR) is 49.3 cm³/mol. The largest absolute Gasteiger partial charge is 0.324 e. The van der Waals surface area contributed by atoms with E-state index in [2.05, 4.69) is 20.8 Å². The Labute approximate surface area is 71.0 Å². The maximum Gasteiger partial charge on any atom is 0.0799 e. The van der Waals surface area contributed by atoms with Crippen molar-refractivity contribution >= 4 is 0 Å². The fourth-order valence-corrected chi connectivity index (χ4v) is 1.56. The smallest absolute Gasteiger partial charge is 0.0799 e. The molecule has 1 radical (unpaired) electrons. The van der Waals surface area contributed by atoms with Crippen LogP contribution in [0.25, 0.3) is 0 Å². The summed E-state index contributed by atoms with van der Waals surface area (Å²) >= 11 is 0. The molecule has 0 saturated carbocycles. The Kier molecular flexibility index (Phi) is 5.51. The minimum atomic E-state index is 0.583. The first kappa shape index (κ1) is 10.9. The average molecular weight is 158 g/mol. The van der Waals surface area contributed by atoms with Crippen LogP contribution < -0.4 is 5.73 Å². The topological polar surface area (TPSA) is 23.8 Å². The molecule has 0 aromatic carbocycles. The van der Waals surface area contributed by atoms with Crippen molar-refractivity contribution in [3.05, 3.63) is 0 Å². The molecule has 1 N–H and O–H groups in total. The Morgan fingerprint density at radius 1 is 1.00 bits per heavy atom. The quantitative estimate of drug-likeness (QED) is 0.524. The number of nitrogens with one attached hydrogen (secondary N) is 1. The van der Waals surface area contributed by atoms with Gasteiger partial charge in [0.05, 0.1) is 26.2 Å². The molecule has 0 fully saturated rings. The number of rotatable bonds is 6. The summed E-state index contributed by atoms with van der Waals surface area (Å²) in [6, 6.07) is 0. The summed E-state index contributed by atoms with van der Waals surface area (Å²) in [5.41, 5.74) is 7.10. The van der Waals surface area contributed by atoms with Crippen LogP contribution in [0, 0.1) is 0 Å². The van der Waals surface area contributed by atoms with Gasteiger partial charge in [-0.05, 0) is 20.8 Å². The molecule has 0 aromatic rings. The summed E-state index contributed by atoms with van der Waals surface area (Å²) in [5, 5.41) is 0. The fourth-order valence-electron chi connectivity index (χ4n) is 1.56. The Hall–Kier alpha value is -0.0800. The van der Waals surface area contributed by atoms with E-state index in [0.717, 1.165) is 6.42 Å². The normalized spacial score (nSPS) is 12.0. The van der Waals surface area contributed by atoms with E-state index >= 15 is 0 Å². The molecule has 67 valence electrons. The van der Waals surface area contributed by atoms with Gasteiger partial charge in [-0.3, -0.25) is 5.73 Å².